The average Bonchev–Trinajstić information content (AvgIpc) is 2.63. The van der Waals surface area contributed by atoms with Crippen LogP contribution in [0.1, 0.15) is 11.7 Å². The van der Waals surface area contributed by atoms with Gasteiger partial charge in [-0.05, 0) is 22.9 Å². The first-order valence-electron chi connectivity index (χ1n) is 4.71. The standard InChI is InChI=1S/C10H11BrN4O/c1-6-2-14-9(16-6)5-15-10-7(11)3-13-4-8(10)12/h2-4H,5,12H2,1H3,(H,13,15). The fraction of sp³-hybridized carbons (Fsp3) is 0.200. The van der Waals surface area contributed by atoms with Crippen molar-refractivity contribution in [2.45, 2.75) is 13.5 Å². The Hall–Kier alpha value is -1.56. The molecule has 2 rings (SSSR count). The number of aromatic nitrogens is 2. The van der Waals surface area contributed by atoms with Gasteiger partial charge in [-0.3, -0.25) is 4.98 Å². The molecular formula is C10H11BrN4O. The van der Waals surface area contributed by atoms with Gasteiger partial charge in [0.25, 0.3) is 0 Å². The normalized spacial score (nSPS) is 10.4. The lowest BCUT2D eigenvalue weighted by atomic mass is 10.3. The van der Waals surface area contributed by atoms with Gasteiger partial charge in [0.2, 0.25) is 5.89 Å². The molecule has 0 bridgehead atoms. The predicted molar refractivity (Wildman–Crippen MR) is 64.9 cm³/mol. The van der Waals surface area contributed by atoms with Gasteiger partial charge in [-0.1, -0.05) is 0 Å². The van der Waals surface area contributed by atoms with Gasteiger partial charge >= 0.3 is 0 Å². The molecule has 0 amide bonds. The van der Waals surface area contributed by atoms with Gasteiger partial charge in [0.1, 0.15) is 5.76 Å². The van der Waals surface area contributed by atoms with Crippen molar-refractivity contribution in [3.05, 3.63) is 34.7 Å². The van der Waals surface area contributed by atoms with Crippen LogP contribution in [-0.4, -0.2) is 9.97 Å². The van der Waals surface area contributed by atoms with E-state index in [4.69, 9.17) is 10.2 Å². The number of pyridine rings is 1. The van der Waals surface area contributed by atoms with E-state index < -0.39 is 0 Å². The maximum atomic E-state index is 5.78. The summed E-state index contributed by atoms with van der Waals surface area (Å²) in [7, 11) is 0. The van der Waals surface area contributed by atoms with Crippen molar-refractivity contribution in [1.29, 1.82) is 0 Å². The van der Waals surface area contributed by atoms with Crippen LogP contribution in [0.2, 0.25) is 0 Å². The van der Waals surface area contributed by atoms with Crippen molar-refractivity contribution in [3.8, 4) is 0 Å². The largest absolute Gasteiger partial charge is 0.444 e. The highest BCUT2D eigenvalue weighted by atomic mass is 79.9. The summed E-state index contributed by atoms with van der Waals surface area (Å²) < 4.78 is 6.16. The fourth-order valence-corrected chi connectivity index (χ4v) is 1.77. The first-order valence-corrected chi connectivity index (χ1v) is 5.50. The monoisotopic (exact) mass is 282 g/mol. The number of nitrogens with zero attached hydrogens (tertiary/aromatic N) is 2. The van der Waals surface area contributed by atoms with E-state index in [0.717, 1.165) is 15.9 Å². The average molecular weight is 283 g/mol. The summed E-state index contributed by atoms with van der Waals surface area (Å²) >= 11 is 3.37. The minimum Gasteiger partial charge on any atom is -0.444 e. The van der Waals surface area contributed by atoms with E-state index >= 15 is 0 Å². The molecule has 16 heavy (non-hydrogen) atoms. The number of rotatable bonds is 3. The summed E-state index contributed by atoms with van der Waals surface area (Å²) in [5, 5.41) is 3.14. The number of oxazole rings is 1. The van der Waals surface area contributed by atoms with E-state index in [9.17, 15) is 0 Å². The minimum absolute atomic E-state index is 0.487. The van der Waals surface area contributed by atoms with Crippen molar-refractivity contribution in [1.82, 2.24) is 9.97 Å². The van der Waals surface area contributed by atoms with Crippen LogP contribution < -0.4 is 11.1 Å². The zero-order chi connectivity index (χ0) is 11.5. The third kappa shape index (κ3) is 2.33. The zero-order valence-electron chi connectivity index (χ0n) is 8.70. The Bertz CT molecular complexity index is 477. The van der Waals surface area contributed by atoms with Crippen LogP contribution in [0, 0.1) is 6.92 Å². The highest BCUT2D eigenvalue weighted by Gasteiger charge is 2.06. The summed E-state index contributed by atoms with van der Waals surface area (Å²) in [5.41, 5.74) is 7.16. The molecule has 0 atom stereocenters. The van der Waals surface area contributed by atoms with Gasteiger partial charge in [0.05, 0.1) is 34.8 Å². The third-order valence-electron chi connectivity index (χ3n) is 2.01. The molecule has 2 heterocycles. The molecule has 0 aliphatic heterocycles. The van der Waals surface area contributed by atoms with Crippen LogP contribution >= 0.6 is 15.9 Å². The second-order valence-corrected chi connectivity index (χ2v) is 4.16. The first-order chi connectivity index (χ1) is 7.66. The Morgan fingerprint density at radius 3 is 2.88 bits per heavy atom. The molecule has 0 radical (unpaired) electrons. The van der Waals surface area contributed by atoms with Crippen LogP contribution in [0.25, 0.3) is 0 Å². The van der Waals surface area contributed by atoms with Crippen molar-refractivity contribution in [2.24, 2.45) is 0 Å². The lowest BCUT2D eigenvalue weighted by Crippen LogP contribution is -2.03. The molecule has 5 nitrogen and oxygen atoms in total. The highest BCUT2D eigenvalue weighted by molar-refractivity contribution is 9.10. The molecule has 6 heteroatoms. The Kier molecular flexibility index (Phi) is 3.09. The van der Waals surface area contributed by atoms with Crippen LogP contribution in [0.3, 0.4) is 0 Å². The maximum Gasteiger partial charge on any atom is 0.213 e. The SMILES string of the molecule is Cc1cnc(CNc2c(N)cncc2Br)o1. The van der Waals surface area contributed by atoms with Gasteiger partial charge in [0, 0.05) is 6.20 Å². The van der Waals surface area contributed by atoms with Gasteiger partial charge in [0.15, 0.2) is 0 Å². The van der Waals surface area contributed by atoms with Crippen LogP contribution in [0.15, 0.2) is 27.5 Å². The number of aryl methyl sites for hydroxylation is 1. The number of nitrogen functional groups attached to an aromatic ring is 1. The molecule has 3 N–H and O–H groups in total. The summed E-state index contributed by atoms with van der Waals surface area (Å²) in [6, 6.07) is 0. The molecule has 2 aromatic rings. The Morgan fingerprint density at radius 1 is 1.44 bits per heavy atom. The Balaban J connectivity index is 2.10. The van der Waals surface area contributed by atoms with Gasteiger partial charge in [-0.2, -0.15) is 0 Å². The third-order valence-corrected chi connectivity index (χ3v) is 2.62. The molecule has 0 aromatic carbocycles. The fourth-order valence-electron chi connectivity index (χ4n) is 1.28. The topological polar surface area (TPSA) is 77.0 Å². The molecule has 0 saturated carbocycles. The van der Waals surface area contributed by atoms with Crippen LogP contribution in [0.4, 0.5) is 11.4 Å². The second kappa shape index (κ2) is 4.52. The first kappa shape index (κ1) is 10.9. The zero-order valence-corrected chi connectivity index (χ0v) is 10.3. The highest BCUT2D eigenvalue weighted by Crippen LogP contribution is 2.27. The number of hydrogen-bond acceptors (Lipinski definition) is 5. The number of hydrogen-bond donors (Lipinski definition) is 2. The van der Waals surface area contributed by atoms with Gasteiger partial charge < -0.3 is 15.5 Å². The predicted octanol–water partition coefficient (Wildman–Crippen LogP) is 2.33. The number of anilines is 2. The summed E-state index contributed by atoms with van der Waals surface area (Å²) in [5.74, 6) is 1.42. The van der Waals surface area contributed by atoms with Gasteiger partial charge in [-0.15, -0.1) is 0 Å². The van der Waals surface area contributed by atoms with E-state index in [0.29, 0.717) is 18.1 Å². The second-order valence-electron chi connectivity index (χ2n) is 3.30. The summed E-state index contributed by atoms with van der Waals surface area (Å²) in [4.78, 5) is 8.04. The lowest BCUT2D eigenvalue weighted by Gasteiger charge is -2.08. The number of halogens is 1. The van der Waals surface area contributed by atoms with E-state index in [2.05, 4.69) is 31.2 Å². The van der Waals surface area contributed by atoms with E-state index in [1.807, 2.05) is 6.92 Å². The van der Waals surface area contributed by atoms with Crippen molar-refractivity contribution in [3.63, 3.8) is 0 Å². The molecule has 0 aliphatic rings. The minimum atomic E-state index is 0.487. The quantitative estimate of drug-likeness (QED) is 0.904. The molecule has 2 aromatic heterocycles. The number of nitrogens with one attached hydrogen (secondary N) is 1. The Labute approximate surface area is 101 Å². The molecule has 0 spiro atoms. The van der Waals surface area contributed by atoms with Crippen LogP contribution in [-0.2, 0) is 6.54 Å². The summed E-state index contributed by atoms with van der Waals surface area (Å²) in [6.07, 6.45) is 4.95. The molecule has 0 saturated heterocycles. The summed E-state index contributed by atoms with van der Waals surface area (Å²) in [6.45, 7) is 2.34. The van der Waals surface area contributed by atoms with Crippen molar-refractivity contribution < 1.29 is 4.42 Å². The van der Waals surface area contributed by atoms with E-state index in [1.165, 1.54) is 0 Å². The van der Waals surface area contributed by atoms with Crippen molar-refractivity contribution in [2.75, 3.05) is 11.1 Å². The lowest BCUT2D eigenvalue weighted by molar-refractivity contribution is 0.479. The van der Waals surface area contributed by atoms with Gasteiger partial charge in [-0.25, -0.2) is 4.98 Å². The smallest absolute Gasteiger partial charge is 0.213 e. The van der Waals surface area contributed by atoms with E-state index in [1.54, 1.807) is 18.6 Å². The molecule has 0 aliphatic carbocycles. The molecule has 84 valence electrons. The Morgan fingerprint density at radius 2 is 2.25 bits per heavy atom. The molecular weight excluding hydrogens is 272 g/mol. The van der Waals surface area contributed by atoms with Crippen molar-refractivity contribution >= 4 is 27.3 Å². The molecule has 0 fully saturated rings. The van der Waals surface area contributed by atoms with Crippen LogP contribution in [0.5, 0.6) is 0 Å². The molecule has 0 unspecified atom stereocenters. The van der Waals surface area contributed by atoms with E-state index in [-0.39, 0.29) is 0 Å². The number of nitrogens with two attached hydrogens (primary N) is 1. The maximum absolute atomic E-state index is 5.78.